The summed E-state index contributed by atoms with van der Waals surface area (Å²) in [5.41, 5.74) is 1.72. The molecule has 0 radical (unpaired) electrons. The molecule has 7 nitrogen and oxygen atoms in total. The third-order valence-corrected chi connectivity index (χ3v) is 7.26. The zero-order chi connectivity index (χ0) is 22.7. The maximum Gasteiger partial charge on any atom is 0.310 e. The summed E-state index contributed by atoms with van der Waals surface area (Å²) in [5, 5.41) is 0.464. The van der Waals surface area contributed by atoms with Gasteiger partial charge in [0.05, 0.1) is 29.3 Å². The summed E-state index contributed by atoms with van der Waals surface area (Å²) in [5.74, 6) is -0.536. The van der Waals surface area contributed by atoms with E-state index in [1.54, 1.807) is 49.4 Å². The molecular weight excluding hydrogens is 450 g/mol. The lowest BCUT2D eigenvalue weighted by Crippen LogP contribution is -2.40. The van der Waals surface area contributed by atoms with Gasteiger partial charge in [0, 0.05) is 18.1 Å². The standard InChI is InChI=1S/C23H24ClN3O4S/c1-2-31-23(28)17-6-5-13-27(14-17)21-22(26-20-8-4-3-7-19(20)25-21)32(29,30)15-16-9-11-18(24)12-10-16/h3-4,7-12,17H,2,5-6,13-15H2,1H3/t17-/m1/s1. The van der Waals surface area contributed by atoms with Crippen LogP contribution < -0.4 is 4.90 Å². The van der Waals surface area contributed by atoms with E-state index in [-0.39, 0.29) is 28.5 Å². The summed E-state index contributed by atoms with van der Waals surface area (Å²) in [6.45, 7) is 3.02. The molecule has 0 aliphatic carbocycles. The van der Waals surface area contributed by atoms with E-state index in [4.69, 9.17) is 16.3 Å². The molecular formula is C23H24ClN3O4S. The molecule has 0 amide bonds. The molecule has 1 fully saturated rings. The fourth-order valence-corrected chi connectivity index (χ4v) is 5.46. The van der Waals surface area contributed by atoms with Gasteiger partial charge in [0.1, 0.15) is 0 Å². The van der Waals surface area contributed by atoms with Crippen LogP contribution in [0.1, 0.15) is 25.3 Å². The highest BCUT2D eigenvalue weighted by Crippen LogP contribution is 2.31. The smallest absolute Gasteiger partial charge is 0.310 e. The Morgan fingerprint density at radius 2 is 1.81 bits per heavy atom. The minimum absolute atomic E-state index is 0.0735. The fourth-order valence-electron chi connectivity index (χ4n) is 3.88. The first-order valence-corrected chi connectivity index (χ1v) is 12.6. The van der Waals surface area contributed by atoms with E-state index < -0.39 is 9.84 Å². The number of anilines is 1. The largest absolute Gasteiger partial charge is 0.466 e. The Hall–Kier alpha value is -2.71. The number of carbonyl (C=O) groups excluding carboxylic acids is 1. The number of hydrogen-bond acceptors (Lipinski definition) is 7. The second-order valence-corrected chi connectivity index (χ2v) is 10.1. The SMILES string of the molecule is CCOC(=O)[C@@H]1CCCN(c2nc3ccccc3nc2S(=O)(=O)Cc2ccc(Cl)cc2)C1. The van der Waals surface area contributed by atoms with Crippen molar-refractivity contribution in [3.63, 3.8) is 0 Å². The van der Waals surface area contributed by atoms with Crippen molar-refractivity contribution in [1.82, 2.24) is 9.97 Å². The van der Waals surface area contributed by atoms with Crippen molar-refractivity contribution >= 4 is 44.3 Å². The van der Waals surface area contributed by atoms with Crippen LogP contribution in [0.5, 0.6) is 0 Å². The first kappa shape index (κ1) is 22.5. The molecule has 0 spiro atoms. The van der Waals surface area contributed by atoms with Crippen molar-refractivity contribution in [2.75, 3.05) is 24.6 Å². The van der Waals surface area contributed by atoms with Gasteiger partial charge in [-0.3, -0.25) is 4.79 Å². The van der Waals surface area contributed by atoms with Crippen LogP contribution in [0, 0.1) is 5.92 Å². The first-order valence-electron chi connectivity index (χ1n) is 10.5. The van der Waals surface area contributed by atoms with Gasteiger partial charge >= 0.3 is 5.97 Å². The molecule has 1 aromatic heterocycles. The van der Waals surface area contributed by atoms with Gasteiger partial charge in [-0.05, 0) is 49.6 Å². The van der Waals surface area contributed by atoms with Gasteiger partial charge in [-0.1, -0.05) is 35.9 Å². The van der Waals surface area contributed by atoms with E-state index in [1.165, 1.54) is 0 Å². The van der Waals surface area contributed by atoms with Gasteiger partial charge in [0.15, 0.2) is 10.8 Å². The third kappa shape index (κ3) is 4.86. The van der Waals surface area contributed by atoms with Crippen molar-refractivity contribution in [2.45, 2.75) is 30.5 Å². The molecule has 2 heterocycles. The lowest BCUT2D eigenvalue weighted by molar-refractivity contribution is -0.148. The van der Waals surface area contributed by atoms with Gasteiger partial charge in [0.25, 0.3) is 0 Å². The quantitative estimate of drug-likeness (QED) is 0.499. The van der Waals surface area contributed by atoms with E-state index in [2.05, 4.69) is 9.97 Å². The van der Waals surface area contributed by atoms with Crippen LogP contribution in [-0.2, 0) is 25.1 Å². The normalized spacial score (nSPS) is 16.8. The molecule has 1 saturated heterocycles. The molecule has 32 heavy (non-hydrogen) atoms. The monoisotopic (exact) mass is 473 g/mol. The maximum atomic E-state index is 13.5. The van der Waals surface area contributed by atoms with E-state index in [0.717, 1.165) is 6.42 Å². The fraction of sp³-hybridized carbons (Fsp3) is 0.348. The maximum absolute atomic E-state index is 13.5. The van der Waals surface area contributed by atoms with Crippen LogP contribution in [0.4, 0.5) is 5.82 Å². The van der Waals surface area contributed by atoms with Crippen molar-refractivity contribution in [3.8, 4) is 0 Å². The minimum Gasteiger partial charge on any atom is -0.466 e. The number of nitrogens with zero attached hydrogens (tertiary/aromatic N) is 3. The highest BCUT2D eigenvalue weighted by Gasteiger charge is 2.32. The number of fused-ring (bicyclic) bond motifs is 1. The number of piperidine rings is 1. The highest BCUT2D eigenvalue weighted by atomic mass is 35.5. The van der Waals surface area contributed by atoms with Crippen LogP contribution in [0.2, 0.25) is 5.02 Å². The second kappa shape index (κ2) is 9.42. The summed E-state index contributed by atoms with van der Waals surface area (Å²) >= 11 is 5.94. The van der Waals surface area contributed by atoms with E-state index in [1.807, 2.05) is 11.0 Å². The highest BCUT2D eigenvalue weighted by molar-refractivity contribution is 7.90. The molecule has 168 valence electrons. The van der Waals surface area contributed by atoms with Crippen LogP contribution in [0.3, 0.4) is 0 Å². The molecule has 0 N–H and O–H groups in total. The van der Waals surface area contributed by atoms with Gasteiger partial charge in [-0.25, -0.2) is 18.4 Å². The molecule has 0 bridgehead atoms. The Morgan fingerprint density at radius 3 is 2.50 bits per heavy atom. The summed E-state index contributed by atoms with van der Waals surface area (Å²) in [6, 6.07) is 13.9. The Bertz CT molecular complexity index is 1230. The van der Waals surface area contributed by atoms with Crippen LogP contribution in [-0.4, -0.2) is 44.1 Å². The Balaban J connectivity index is 1.75. The van der Waals surface area contributed by atoms with Crippen molar-refractivity contribution in [3.05, 3.63) is 59.1 Å². The van der Waals surface area contributed by atoms with Gasteiger partial charge in [-0.15, -0.1) is 0 Å². The number of sulfone groups is 1. The molecule has 4 rings (SSSR count). The van der Waals surface area contributed by atoms with Gasteiger partial charge < -0.3 is 9.64 Å². The third-order valence-electron chi connectivity index (χ3n) is 5.43. The Labute approximate surface area is 192 Å². The number of aromatic nitrogens is 2. The molecule has 1 aliphatic heterocycles. The average molecular weight is 474 g/mol. The summed E-state index contributed by atoms with van der Waals surface area (Å²) in [7, 11) is -3.82. The van der Waals surface area contributed by atoms with Gasteiger partial charge in [0.2, 0.25) is 9.84 Å². The van der Waals surface area contributed by atoms with Crippen LogP contribution in [0.15, 0.2) is 53.6 Å². The number of halogens is 1. The van der Waals surface area contributed by atoms with Crippen molar-refractivity contribution < 1.29 is 17.9 Å². The number of ether oxygens (including phenoxy) is 1. The topological polar surface area (TPSA) is 89.5 Å². The first-order chi connectivity index (χ1) is 15.4. The van der Waals surface area contributed by atoms with E-state index >= 15 is 0 Å². The lowest BCUT2D eigenvalue weighted by atomic mass is 9.98. The molecule has 0 unspecified atom stereocenters. The summed E-state index contributed by atoms with van der Waals surface area (Å²) in [6.07, 6.45) is 1.43. The zero-order valence-corrected chi connectivity index (χ0v) is 19.3. The summed E-state index contributed by atoms with van der Waals surface area (Å²) in [4.78, 5) is 23.3. The van der Waals surface area contributed by atoms with Crippen LogP contribution in [0.25, 0.3) is 11.0 Å². The molecule has 9 heteroatoms. The molecule has 0 saturated carbocycles. The number of benzene rings is 2. The number of rotatable bonds is 6. The number of carbonyl (C=O) groups is 1. The second-order valence-electron chi connectivity index (χ2n) is 7.76. The molecule has 1 aliphatic rings. The number of para-hydroxylation sites is 2. The zero-order valence-electron chi connectivity index (χ0n) is 17.7. The van der Waals surface area contributed by atoms with Crippen molar-refractivity contribution in [2.24, 2.45) is 5.92 Å². The van der Waals surface area contributed by atoms with E-state index in [9.17, 15) is 13.2 Å². The predicted molar refractivity (Wildman–Crippen MR) is 123 cm³/mol. The number of hydrogen-bond donors (Lipinski definition) is 0. The average Bonchev–Trinajstić information content (AvgIpc) is 2.80. The number of esters is 1. The molecule has 3 aromatic rings. The summed E-state index contributed by atoms with van der Waals surface area (Å²) < 4.78 is 32.1. The van der Waals surface area contributed by atoms with E-state index in [0.29, 0.717) is 47.7 Å². The molecule has 2 aromatic carbocycles. The Morgan fingerprint density at radius 1 is 1.12 bits per heavy atom. The predicted octanol–water partition coefficient (Wildman–Crippen LogP) is 4.04. The van der Waals surface area contributed by atoms with Crippen LogP contribution >= 0.6 is 11.6 Å². The lowest BCUT2D eigenvalue weighted by Gasteiger charge is -2.33. The minimum atomic E-state index is -3.82. The Kier molecular flexibility index (Phi) is 6.62. The molecule has 1 atom stereocenters. The van der Waals surface area contributed by atoms with Crippen molar-refractivity contribution in [1.29, 1.82) is 0 Å². The van der Waals surface area contributed by atoms with Gasteiger partial charge in [-0.2, -0.15) is 0 Å².